The Morgan fingerprint density at radius 3 is 2.65 bits per heavy atom. The van der Waals surface area contributed by atoms with Crippen molar-refractivity contribution >= 4 is 11.7 Å². The number of amides is 2. The van der Waals surface area contributed by atoms with Crippen LogP contribution in [0.1, 0.15) is 37.3 Å². The van der Waals surface area contributed by atoms with Gasteiger partial charge in [0.15, 0.2) is 0 Å². The maximum Gasteiger partial charge on any atom is 0.322 e. The van der Waals surface area contributed by atoms with Crippen LogP contribution < -0.4 is 5.32 Å². The molecule has 3 rings (SSSR count). The normalized spacial score (nSPS) is 18.3. The molecular formula is C19H21FN2O. The van der Waals surface area contributed by atoms with Crippen LogP contribution in [-0.4, -0.2) is 17.5 Å². The molecule has 2 amide bonds. The zero-order valence-electron chi connectivity index (χ0n) is 13.0. The van der Waals surface area contributed by atoms with Crippen LogP contribution in [0.25, 0.3) is 0 Å². The van der Waals surface area contributed by atoms with Crippen LogP contribution >= 0.6 is 0 Å². The van der Waals surface area contributed by atoms with E-state index in [2.05, 4.69) is 5.32 Å². The number of halogens is 1. The van der Waals surface area contributed by atoms with Crippen LogP contribution in [0.3, 0.4) is 0 Å². The minimum Gasteiger partial charge on any atom is -0.317 e. The van der Waals surface area contributed by atoms with Crippen LogP contribution in [0.5, 0.6) is 0 Å². The molecule has 2 aromatic rings. The Kier molecular flexibility index (Phi) is 4.91. The van der Waals surface area contributed by atoms with Gasteiger partial charge in [0.05, 0.1) is 6.04 Å². The molecule has 1 aliphatic heterocycles. The molecule has 1 aliphatic rings. The van der Waals surface area contributed by atoms with Crippen molar-refractivity contribution in [2.45, 2.75) is 31.7 Å². The summed E-state index contributed by atoms with van der Waals surface area (Å²) in [5.41, 5.74) is 1.65. The monoisotopic (exact) mass is 312 g/mol. The molecule has 1 N–H and O–H groups in total. The van der Waals surface area contributed by atoms with Gasteiger partial charge in [-0.25, -0.2) is 9.18 Å². The number of hydrogen-bond donors (Lipinski definition) is 1. The number of benzene rings is 2. The molecule has 0 spiro atoms. The van der Waals surface area contributed by atoms with Crippen LogP contribution in [0.4, 0.5) is 14.9 Å². The van der Waals surface area contributed by atoms with Gasteiger partial charge in [-0.1, -0.05) is 43.2 Å². The number of nitrogens with one attached hydrogen (secondary N) is 1. The van der Waals surface area contributed by atoms with E-state index in [9.17, 15) is 9.18 Å². The zero-order valence-corrected chi connectivity index (χ0v) is 13.0. The molecule has 1 fully saturated rings. The van der Waals surface area contributed by atoms with Crippen LogP contribution in [-0.2, 0) is 0 Å². The summed E-state index contributed by atoms with van der Waals surface area (Å²) in [6, 6.07) is 15.8. The molecule has 0 unspecified atom stereocenters. The molecule has 0 aliphatic carbocycles. The Morgan fingerprint density at radius 1 is 1.04 bits per heavy atom. The van der Waals surface area contributed by atoms with Gasteiger partial charge in [0.25, 0.3) is 0 Å². The number of likely N-dealkylation sites (tertiary alicyclic amines) is 1. The highest BCUT2D eigenvalue weighted by atomic mass is 19.1. The largest absolute Gasteiger partial charge is 0.322 e. The quantitative estimate of drug-likeness (QED) is 0.834. The fourth-order valence-corrected chi connectivity index (χ4v) is 3.13. The first kappa shape index (κ1) is 15.5. The van der Waals surface area contributed by atoms with Crippen LogP contribution in [0.15, 0.2) is 54.6 Å². The first-order valence-electron chi connectivity index (χ1n) is 8.12. The number of rotatable bonds is 2. The van der Waals surface area contributed by atoms with Gasteiger partial charge >= 0.3 is 6.03 Å². The third-order valence-corrected chi connectivity index (χ3v) is 4.27. The standard InChI is InChI=1S/C19H21FN2O/c20-16-9-7-8-15(14-16)18-12-5-2-6-13-22(18)19(23)21-17-10-3-1-4-11-17/h1,3-4,7-11,14,18H,2,5-6,12-13H2,(H,21,23)/t18-/m1/s1. The predicted molar refractivity (Wildman–Crippen MR) is 89.8 cm³/mol. The zero-order chi connectivity index (χ0) is 16.1. The fourth-order valence-electron chi connectivity index (χ4n) is 3.13. The Labute approximate surface area is 136 Å². The average molecular weight is 312 g/mol. The minimum atomic E-state index is -0.254. The van der Waals surface area contributed by atoms with Crippen LogP contribution in [0, 0.1) is 5.82 Å². The Bertz CT molecular complexity index is 659. The summed E-state index contributed by atoms with van der Waals surface area (Å²) in [5.74, 6) is -0.254. The Balaban J connectivity index is 1.82. The van der Waals surface area contributed by atoms with E-state index >= 15 is 0 Å². The summed E-state index contributed by atoms with van der Waals surface area (Å²) in [7, 11) is 0. The number of carbonyl (C=O) groups is 1. The SMILES string of the molecule is O=C(Nc1ccccc1)N1CCCCC[C@@H]1c1cccc(F)c1. The first-order valence-corrected chi connectivity index (χ1v) is 8.12. The number of urea groups is 1. The number of anilines is 1. The maximum absolute atomic E-state index is 13.6. The van der Waals surface area contributed by atoms with Gasteiger partial charge in [-0.15, -0.1) is 0 Å². The van der Waals surface area contributed by atoms with Gasteiger partial charge in [-0.05, 0) is 42.7 Å². The van der Waals surface area contributed by atoms with E-state index in [0.717, 1.165) is 36.9 Å². The molecule has 1 heterocycles. The second kappa shape index (κ2) is 7.27. The van der Waals surface area contributed by atoms with Gasteiger partial charge in [-0.3, -0.25) is 0 Å². The average Bonchev–Trinajstić information content (AvgIpc) is 2.82. The molecule has 1 saturated heterocycles. The fraction of sp³-hybridized carbons (Fsp3) is 0.316. The lowest BCUT2D eigenvalue weighted by Gasteiger charge is -2.30. The maximum atomic E-state index is 13.6. The predicted octanol–water partition coefficient (Wildman–Crippen LogP) is 4.97. The third-order valence-electron chi connectivity index (χ3n) is 4.27. The molecule has 120 valence electrons. The minimum absolute atomic E-state index is 0.0723. The Morgan fingerprint density at radius 2 is 1.87 bits per heavy atom. The molecule has 0 radical (unpaired) electrons. The molecule has 3 nitrogen and oxygen atoms in total. The third kappa shape index (κ3) is 3.89. The van der Waals surface area contributed by atoms with E-state index in [0.29, 0.717) is 6.54 Å². The molecule has 4 heteroatoms. The smallest absolute Gasteiger partial charge is 0.317 e. The lowest BCUT2D eigenvalue weighted by atomic mass is 10.0. The van der Waals surface area contributed by atoms with Crippen molar-refractivity contribution in [3.8, 4) is 0 Å². The van der Waals surface area contributed by atoms with Crippen molar-refractivity contribution in [2.75, 3.05) is 11.9 Å². The number of para-hydroxylation sites is 1. The van der Waals surface area contributed by atoms with Gasteiger partial charge in [0, 0.05) is 12.2 Å². The lowest BCUT2D eigenvalue weighted by Crippen LogP contribution is -2.38. The number of carbonyl (C=O) groups excluding carboxylic acids is 1. The Hall–Kier alpha value is -2.36. The summed E-state index contributed by atoms with van der Waals surface area (Å²) in [5, 5.41) is 2.95. The second-order valence-electron chi connectivity index (χ2n) is 5.91. The molecule has 0 aromatic heterocycles. The number of nitrogens with zero attached hydrogens (tertiary/aromatic N) is 1. The molecule has 0 bridgehead atoms. The van der Waals surface area contributed by atoms with Gasteiger partial charge < -0.3 is 10.2 Å². The van der Waals surface area contributed by atoms with Gasteiger partial charge in [-0.2, -0.15) is 0 Å². The summed E-state index contributed by atoms with van der Waals surface area (Å²) < 4.78 is 13.6. The van der Waals surface area contributed by atoms with Crippen molar-refractivity contribution in [3.63, 3.8) is 0 Å². The van der Waals surface area contributed by atoms with Gasteiger partial charge in [0.2, 0.25) is 0 Å². The second-order valence-corrected chi connectivity index (χ2v) is 5.91. The van der Waals surface area contributed by atoms with Crippen LogP contribution in [0.2, 0.25) is 0 Å². The highest BCUT2D eigenvalue weighted by molar-refractivity contribution is 5.89. The van der Waals surface area contributed by atoms with E-state index < -0.39 is 0 Å². The van der Waals surface area contributed by atoms with Crippen molar-refractivity contribution in [3.05, 3.63) is 66.0 Å². The highest BCUT2D eigenvalue weighted by Gasteiger charge is 2.27. The van der Waals surface area contributed by atoms with Crippen molar-refractivity contribution < 1.29 is 9.18 Å². The van der Waals surface area contributed by atoms with Crippen molar-refractivity contribution in [1.82, 2.24) is 4.90 Å². The van der Waals surface area contributed by atoms with E-state index in [-0.39, 0.29) is 17.9 Å². The molecule has 2 aromatic carbocycles. The summed E-state index contributed by atoms with van der Waals surface area (Å²) in [6.45, 7) is 0.694. The summed E-state index contributed by atoms with van der Waals surface area (Å²) in [6.07, 6.45) is 4.00. The first-order chi connectivity index (χ1) is 11.2. The summed E-state index contributed by atoms with van der Waals surface area (Å²) in [4.78, 5) is 14.6. The molecule has 0 saturated carbocycles. The van der Waals surface area contributed by atoms with E-state index in [1.165, 1.54) is 6.07 Å². The van der Waals surface area contributed by atoms with Crippen molar-refractivity contribution in [1.29, 1.82) is 0 Å². The van der Waals surface area contributed by atoms with Gasteiger partial charge in [0.1, 0.15) is 5.82 Å². The highest BCUT2D eigenvalue weighted by Crippen LogP contribution is 2.31. The molecule has 23 heavy (non-hydrogen) atoms. The molecule has 1 atom stereocenters. The number of hydrogen-bond acceptors (Lipinski definition) is 1. The molecular weight excluding hydrogens is 291 g/mol. The van der Waals surface area contributed by atoms with E-state index in [1.54, 1.807) is 12.1 Å². The summed E-state index contributed by atoms with van der Waals surface area (Å²) >= 11 is 0. The topological polar surface area (TPSA) is 32.3 Å². The van der Waals surface area contributed by atoms with E-state index in [1.807, 2.05) is 41.3 Å². The lowest BCUT2D eigenvalue weighted by molar-refractivity contribution is 0.189. The van der Waals surface area contributed by atoms with E-state index in [4.69, 9.17) is 0 Å². The van der Waals surface area contributed by atoms with Crippen molar-refractivity contribution in [2.24, 2.45) is 0 Å².